The molecular weight excluding hydrogens is 326 g/mol. The van der Waals surface area contributed by atoms with Gasteiger partial charge in [0.2, 0.25) is 0 Å². The van der Waals surface area contributed by atoms with Crippen LogP contribution >= 0.6 is 11.6 Å². The number of aryl methyl sites for hydroxylation is 1. The largest absolute Gasteiger partial charge is 0.489 e. The molecule has 1 atom stereocenters. The van der Waals surface area contributed by atoms with Gasteiger partial charge in [0, 0.05) is 37.6 Å². The number of halogens is 1. The Kier molecular flexibility index (Phi) is 7.42. The van der Waals surface area contributed by atoms with E-state index >= 15 is 0 Å². The van der Waals surface area contributed by atoms with E-state index in [1.807, 2.05) is 43.7 Å². The van der Waals surface area contributed by atoms with Crippen molar-refractivity contribution < 1.29 is 4.74 Å². The van der Waals surface area contributed by atoms with E-state index in [1.165, 1.54) is 0 Å². The molecule has 1 unspecified atom stereocenters. The number of nitrogens with zero attached hydrogens (tertiary/aromatic N) is 3. The van der Waals surface area contributed by atoms with Crippen molar-refractivity contribution in [1.82, 2.24) is 20.2 Å². The van der Waals surface area contributed by atoms with Crippen LogP contribution in [0.15, 0.2) is 48.0 Å². The minimum atomic E-state index is 0.00988. The second-order valence-electron chi connectivity index (χ2n) is 5.42. The molecular formula is C17H24ClN5O. The van der Waals surface area contributed by atoms with Crippen molar-refractivity contribution in [3.8, 4) is 5.75 Å². The molecule has 0 saturated carbocycles. The van der Waals surface area contributed by atoms with Crippen molar-refractivity contribution in [2.45, 2.75) is 26.0 Å². The van der Waals surface area contributed by atoms with Crippen LogP contribution < -0.4 is 15.4 Å². The number of imidazole rings is 1. The highest BCUT2D eigenvalue weighted by Gasteiger charge is 2.05. The summed E-state index contributed by atoms with van der Waals surface area (Å²) in [5.41, 5.74) is 0. The smallest absolute Gasteiger partial charge is 0.191 e. The minimum absolute atomic E-state index is 0.00988. The van der Waals surface area contributed by atoms with Crippen molar-refractivity contribution in [3.63, 3.8) is 0 Å². The molecule has 130 valence electrons. The quantitative estimate of drug-likeness (QED) is 0.437. The van der Waals surface area contributed by atoms with Crippen molar-refractivity contribution in [2.24, 2.45) is 4.99 Å². The third kappa shape index (κ3) is 6.50. The summed E-state index contributed by atoms with van der Waals surface area (Å²) >= 11 is 5.87. The van der Waals surface area contributed by atoms with E-state index in [1.54, 1.807) is 13.2 Å². The Bertz CT molecular complexity index is 612. The van der Waals surface area contributed by atoms with Crippen LogP contribution in [-0.4, -0.2) is 41.8 Å². The van der Waals surface area contributed by atoms with E-state index in [9.17, 15) is 0 Å². The van der Waals surface area contributed by atoms with E-state index in [4.69, 9.17) is 16.3 Å². The lowest BCUT2D eigenvalue weighted by Crippen LogP contribution is -2.42. The fourth-order valence-corrected chi connectivity index (χ4v) is 2.26. The molecule has 2 rings (SSSR count). The second kappa shape index (κ2) is 9.82. The van der Waals surface area contributed by atoms with Gasteiger partial charge < -0.3 is 19.9 Å². The van der Waals surface area contributed by atoms with Crippen LogP contribution in [0.3, 0.4) is 0 Å². The normalized spacial score (nSPS) is 12.7. The van der Waals surface area contributed by atoms with Gasteiger partial charge in [-0.3, -0.25) is 4.99 Å². The molecule has 0 radical (unpaired) electrons. The Balaban J connectivity index is 1.64. The highest BCUT2D eigenvalue weighted by atomic mass is 35.5. The fourth-order valence-electron chi connectivity index (χ4n) is 2.14. The fraction of sp³-hybridized carbons (Fsp3) is 0.412. The minimum Gasteiger partial charge on any atom is -0.489 e. The zero-order valence-corrected chi connectivity index (χ0v) is 14.8. The Labute approximate surface area is 147 Å². The summed E-state index contributed by atoms with van der Waals surface area (Å²) in [6.45, 7) is 4.43. The lowest BCUT2D eigenvalue weighted by Gasteiger charge is -2.17. The average Bonchev–Trinajstić information content (AvgIpc) is 3.10. The molecule has 1 aromatic heterocycles. The van der Waals surface area contributed by atoms with Gasteiger partial charge in [0.05, 0.1) is 12.9 Å². The first kappa shape index (κ1) is 18.1. The molecule has 1 aromatic carbocycles. The number of aliphatic imine (C=N–C) groups is 1. The number of benzene rings is 1. The summed E-state index contributed by atoms with van der Waals surface area (Å²) in [7, 11) is 1.76. The molecule has 0 fully saturated rings. The molecule has 0 amide bonds. The summed E-state index contributed by atoms with van der Waals surface area (Å²) in [5, 5.41) is 7.26. The third-order valence-electron chi connectivity index (χ3n) is 3.38. The van der Waals surface area contributed by atoms with Gasteiger partial charge in [-0.05, 0) is 37.6 Å². The van der Waals surface area contributed by atoms with Gasteiger partial charge in [-0.1, -0.05) is 11.6 Å². The molecule has 2 N–H and O–H groups in total. The first-order valence-corrected chi connectivity index (χ1v) is 8.37. The first-order chi connectivity index (χ1) is 11.7. The number of ether oxygens (including phenoxy) is 1. The van der Waals surface area contributed by atoms with Gasteiger partial charge in [-0.2, -0.15) is 0 Å². The van der Waals surface area contributed by atoms with Gasteiger partial charge in [-0.25, -0.2) is 4.98 Å². The average molecular weight is 350 g/mol. The molecule has 1 heterocycles. The van der Waals surface area contributed by atoms with Gasteiger partial charge in [0.25, 0.3) is 0 Å². The maximum absolute atomic E-state index is 5.87. The highest BCUT2D eigenvalue weighted by Crippen LogP contribution is 2.16. The van der Waals surface area contributed by atoms with Gasteiger partial charge in [-0.15, -0.1) is 0 Å². The van der Waals surface area contributed by atoms with Gasteiger partial charge in [0.15, 0.2) is 5.96 Å². The maximum Gasteiger partial charge on any atom is 0.191 e. The van der Waals surface area contributed by atoms with Crippen LogP contribution in [0.1, 0.15) is 13.3 Å². The molecule has 0 saturated heterocycles. The molecule has 7 heteroatoms. The lowest BCUT2D eigenvalue weighted by molar-refractivity contribution is 0.224. The summed E-state index contributed by atoms with van der Waals surface area (Å²) in [5.74, 6) is 1.57. The molecule has 6 nitrogen and oxygen atoms in total. The predicted molar refractivity (Wildman–Crippen MR) is 97.8 cm³/mol. The summed E-state index contributed by atoms with van der Waals surface area (Å²) in [6, 6.07) is 7.36. The van der Waals surface area contributed by atoms with Crippen LogP contribution in [0.4, 0.5) is 0 Å². The summed E-state index contributed by atoms with van der Waals surface area (Å²) in [4.78, 5) is 8.24. The predicted octanol–water partition coefficient (Wildman–Crippen LogP) is 2.56. The Morgan fingerprint density at radius 2 is 2.12 bits per heavy atom. The second-order valence-corrected chi connectivity index (χ2v) is 5.85. The zero-order valence-electron chi connectivity index (χ0n) is 14.1. The molecule has 0 aliphatic carbocycles. The van der Waals surface area contributed by atoms with Crippen LogP contribution in [-0.2, 0) is 6.54 Å². The Morgan fingerprint density at radius 3 is 2.79 bits per heavy atom. The van der Waals surface area contributed by atoms with E-state index in [-0.39, 0.29) is 6.10 Å². The Morgan fingerprint density at radius 1 is 1.33 bits per heavy atom. The number of aromatic nitrogens is 2. The van der Waals surface area contributed by atoms with E-state index in [2.05, 4.69) is 25.2 Å². The summed E-state index contributed by atoms with van der Waals surface area (Å²) in [6.07, 6.45) is 6.57. The van der Waals surface area contributed by atoms with Gasteiger partial charge in [0.1, 0.15) is 11.9 Å². The maximum atomic E-state index is 5.87. The number of nitrogens with one attached hydrogen (secondary N) is 2. The van der Waals surface area contributed by atoms with Crippen molar-refractivity contribution >= 4 is 17.6 Å². The van der Waals surface area contributed by atoms with E-state index < -0.39 is 0 Å². The topological polar surface area (TPSA) is 63.5 Å². The number of guanidine groups is 1. The van der Waals surface area contributed by atoms with Crippen LogP contribution in [0.2, 0.25) is 5.02 Å². The first-order valence-electron chi connectivity index (χ1n) is 8.00. The molecule has 2 aromatic rings. The molecule has 0 aliphatic rings. The highest BCUT2D eigenvalue weighted by molar-refractivity contribution is 6.30. The third-order valence-corrected chi connectivity index (χ3v) is 3.63. The van der Waals surface area contributed by atoms with Crippen molar-refractivity contribution in [3.05, 3.63) is 48.0 Å². The van der Waals surface area contributed by atoms with Crippen molar-refractivity contribution in [2.75, 3.05) is 20.1 Å². The number of hydrogen-bond acceptors (Lipinski definition) is 3. The number of hydrogen-bond donors (Lipinski definition) is 2. The van der Waals surface area contributed by atoms with E-state index in [0.29, 0.717) is 11.6 Å². The summed E-state index contributed by atoms with van der Waals surface area (Å²) < 4.78 is 7.88. The molecule has 0 bridgehead atoms. The zero-order chi connectivity index (χ0) is 17.2. The van der Waals surface area contributed by atoms with Crippen molar-refractivity contribution in [1.29, 1.82) is 0 Å². The van der Waals surface area contributed by atoms with Crippen LogP contribution in [0.25, 0.3) is 0 Å². The lowest BCUT2D eigenvalue weighted by atomic mass is 10.3. The molecule has 0 spiro atoms. The molecule has 24 heavy (non-hydrogen) atoms. The standard InChI is InChI=1S/C17H24ClN5O/c1-14(24-16-6-4-15(18)5-7-16)12-22-17(19-2)21-8-3-10-23-11-9-20-13-23/h4-7,9,11,13-14H,3,8,10,12H2,1-2H3,(H2,19,21,22). The van der Waals surface area contributed by atoms with Crippen LogP contribution in [0, 0.1) is 0 Å². The monoisotopic (exact) mass is 349 g/mol. The number of rotatable bonds is 8. The van der Waals surface area contributed by atoms with Gasteiger partial charge >= 0.3 is 0 Å². The SMILES string of the molecule is CN=C(NCCCn1ccnc1)NCC(C)Oc1ccc(Cl)cc1. The van der Waals surface area contributed by atoms with Crippen LogP contribution in [0.5, 0.6) is 5.75 Å². The Hall–Kier alpha value is -2.21. The molecule has 0 aliphatic heterocycles. The van der Waals surface area contributed by atoms with E-state index in [0.717, 1.165) is 31.2 Å².